The fraction of sp³-hybridized carbons (Fsp3) is 0.857. The minimum Gasteiger partial charge on any atom is -0.480 e. The van der Waals surface area contributed by atoms with Crippen molar-refractivity contribution in [2.45, 2.75) is 65.3 Å². The van der Waals surface area contributed by atoms with Gasteiger partial charge in [0, 0.05) is 6.04 Å². The first-order valence-electron chi connectivity index (χ1n) is 6.92. The van der Waals surface area contributed by atoms with Gasteiger partial charge in [-0.2, -0.15) is 0 Å². The lowest BCUT2D eigenvalue weighted by molar-refractivity contribution is -0.153. The summed E-state index contributed by atoms with van der Waals surface area (Å²) in [7, 11) is 0. The predicted octanol–water partition coefficient (Wildman–Crippen LogP) is 2.57. The topological polar surface area (TPSA) is 66.4 Å². The van der Waals surface area contributed by atoms with Crippen molar-refractivity contribution in [1.82, 2.24) is 5.32 Å². The van der Waals surface area contributed by atoms with Crippen LogP contribution in [0.3, 0.4) is 0 Å². The molecule has 0 radical (unpaired) electrons. The fourth-order valence-corrected chi connectivity index (χ4v) is 2.47. The van der Waals surface area contributed by atoms with Crippen LogP contribution < -0.4 is 5.32 Å². The number of carbonyl (C=O) groups excluding carboxylic acids is 1. The summed E-state index contributed by atoms with van der Waals surface area (Å²) in [5.41, 5.74) is -1.33. The normalized spacial score (nSPS) is 24.6. The van der Waals surface area contributed by atoms with E-state index in [9.17, 15) is 9.59 Å². The third-order valence-corrected chi connectivity index (χ3v) is 3.98. The number of aliphatic carboxylic acids is 1. The molecule has 0 spiro atoms. The Labute approximate surface area is 109 Å². The summed E-state index contributed by atoms with van der Waals surface area (Å²) in [4.78, 5) is 22.9. The number of carbonyl (C=O) groups is 2. The lowest BCUT2D eigenvalue weighted by atomic mass is 9.83. The van der Waals surface area contributed by atoms with E-state index in [1.807, 2.05) is 0 Å². The average molecular weight is 255 g/mol. The largest absolute Gasteiger partial charge is 0.480 e. The number of hydrogen-bond acceptors (Lipinski definition) is 2. The molecule has 0 bridgehead atoms. The number of carboxylic acid groups (broad SMARTS) is 1. The molecular formula is C14H25NO3. The highest BCUT2D eigenvalue weighted by Gasteiger charge is 2.37. The number of nitrogens with one attached hydrogen (secondary N) is 1. The maximum absolute atomic E-state index is 11.9. The smallest absolute Gasteiger partial charge is 0.318 e. The second kappa shape index (κ2) is 6.21. The van der Waals surface area contributed by atoms with Crippen molar-refractivity contribution in [2.75, 3.05) is 0 Å². The SMILES string of the molecule is CCCC1CCC(NC(=O)C(C)(C)C(=O)O)CC1. The second-order valence-corrected chi connectivity index (χ2v) is 5.91. The Balaban J connectivity index is 2.41. The third kappa shape index (κ3) is 3.72. The molecule has 1 saturated carbocycles. The van der Waals surface area contributed by atoms with Crippen LogP contribution in [0.25, 0.3) is 0 Å². The molecule has 0 aromatic heterocycles. The van der Waals surface area contributed by atoms with Crippen LogP contribution in [0.15, 0.2) is 0 Å². The van der Waals surface area contributed by atoms with Gasteiger partial charge in [-0.15, -0.1) is 0 Å². The number of amides is 1. The molecular weight excluding hydrogens is 230 g/mol. The maximum Gasteiger partial charge on any atom is 0.318 e. The summed E-state index contributed by atoms with van der Waals surface area (Å²) in [5.74, 6) is -0.649. The standard InChI is InChI=1S/C14H25NO3/c1-4-5-10-6-8-11(9-7-10)15-12(16)14(2,3)13(17)18/h10-11H,4-9H2,1-3H3,(H,15,16)(H,17,18). The Morgan fingerprint density at radius 3 is 2.22 bits per heavy atom. The third-order valence-electron chi connectivity index (χ3n) is 3.98. The van der Waals surface area contributed by atoms with Crippen molar-refractivity contribution in [3.63, 3.8) is 0 Å². The van der Waals surface area contributed by atoms with Gasteiger partial charge in [-0.05, 0) is 45.4 Å². The molecule has 1 fully saturated rings. The van der Waals surface area contributed by atoms with E-state index in [1.54, 1.807) is 0 Å². The molecule has 1 amide bonds. The molecule has 0 unspecified atom stereocenters. The molecule has 104 valence electrons. The first kappa shape index (κ1) is 15.0. The Kier molecular flexibility index (Phi) is 5.17. The summed E-state index contributed by atoms with van der Waals surface area (Å²) in [6.07, 6.45) is 6.73. The first-order valence-corrected chi connectivity index (χ1v) is 6.92. The molecule has 0 atom stereocenters. The van der Waals surface area contributed by atoms with Crippen molar-refractivity contribution in [3.8, 4) is 0 Å². The van der Waals surface area contributed by atoms with Crippen LogP contribution in [0.2, 0.25) is 0 Å². The maximum atomic E-state index is 11.9. The quantitative estimate of drug-likeness (QED) is 0.742. The highest BCUT2D eigenvalue weighted by atomic mass is 16.4. The summed E-state index contributed by atoms with van der Waals surface area (Å²) >= 11 is 0. The van der Waals surface area contributed by atoms with E-state index in [1.165, 1.54) is 26.7 Å². The molecule has 0 heterocycles. The lowest BCUT2D eigenvalue weighted by Crippen LogP contribution is -2.47. The van der Waals surface area contributed by atoms with Crippen LogP contribution >= 0.6 is 0 Å². The minimum absolute atomic E-state index is 0.157. The van der Waals surface area contributed by atoms with Gasteiger partial charge in [-0.1, -0.05) is 19.8 Å². The van der Waals surface area contributed by atoms with Crippen molar-refractivity contribution >= 4 is 11.9 Å². The van der Waals surface area contributed by atoms with E-state index >= 15 is 0 Å². The van der Waals surface area contributed by atoms with E-state index in [4.69, 9.17) is 5.11 Å². The molecule has 1 aliphatic carbocycles. The Morgan fingerprint density at radius 1 is 1.22 bits per heavy atom. The van der Waals surface area contributed by atoms with Gasteiger partial charge in [-0.25, -0.2) is 0 Å². The first-order chi connectivity index (χ1) is 8.37. The fourth-order valence-electron chi connectivity index (χ4n) is 2.47. The van der Waals surface area contributed by atoms with Gasteiger partial charge in [0.15, 0.2) is 0 Å². The molecule has 1 aliphatic rings. The molecule has 0 aromatic rings. The van der Waals surface area contributed by atoms with Crippen molar-refractivity contribution in [1.29, 1.82) is 0 Å². The lowest BCUT2D eigenvalue weighted by Gasteiger charge is -2.31. The number of carboxylic acids is 1. The molecule has 1 rings (SSSR count). The van der Waals surface area contributed by atoms with Gasteiger partial charge in [0.1, 0.15) is 5.41 Å². The molecule has 0 saturated heterocycles. The zero-order valence-corrected chi connectivity index (χ0v) is 11.7. The van der Waals surface area contributed by atoms with E-state index in [0.29, 0.717) is 0 Å². The van der Waals surface area contributed by atoms with Gasteiger partial charge in [-0.3, -0.25) is 9.59 Å². The summed E-state index contributed by atoms with van der Waals surface area (Å²) in [6, 6.07) is 0.157. The summed E-state index contributed by atoms with van der Waals surface area (Å²) in [5, 5.41) is 11.9. The molecule has 4 nitrogen and oxygen atoms in total. The molecule has 2 N–H and O–H groups in total. The Bertz CT molecular complexity index is 304. The molecule has 4 heteroatoms. The van der Waals surface area contributed by atoms with Crippen LogP contribution in [-0.4, -0.2) is 23.0 Å². The van der Waals surface area contributed by atoms with E-state index in [-0.39, 0.29) is 11.9 Å². The van der Waals surface area contributed by atoms with Crippen LogP contribution in [0.4, 0.5) is 0 Å². The van der Waals surface area contributed by atoms with E-state index in [0.717, 1.165) is 31.6 Å². The molecule has 0 aromatic carbocycles. The number of hydrogen-bond donors (Lipinski definition) is 2. The number of rotatable bonds is 5. The monoisotopic (exact) mass is 255 g/mol. The predicted molar refractivity (Wildman–Crippen MR) is 70.2 cm³/mol. The van der Waals surface area contributed by atoms with Crippen molar-refractivity contribution in [3.05, 3.63) is 0 Å². The highest BCUT2D eigenvalue weighted by Crippen LogP contribution is 2.28. The second-order valence-electron chi connectivity index (χ2n) is 5.91. The van der Waals surface area contributed by atoms with Crippen LogP contribution in [-0.2, 0) is 9.59 Å². The van der Waals surface area contributed by atoms with Gasteiger partial charge in [0.25, 0.3) is 0 Å². The zero-order chi connectivity index (χ0) is 13.8. The van der Waals surface area contributed by atoms with Gasteiger partial charge >= 0.3 is 5.97 Å². The van der Waals surface area contributed by atoms with Crippen LogP contribution in [0.1, 0.15) is 59.3 Å². The van der Waals surface area contributed by atoms with Crippen LogP contribution in [0.5, 0.6) is 0 Å². The van der Waals surface area contributed by atoms with Crippen LogP contribution in [0, 0.1) is 11.3 Å². The van der Waals surface area contributed by atoms with E-state index in [2.05, 4.69) is 12.2 Å². The Morgan fingerprint density at radius 2 is 1.78 bits per heavy atom. The molecule has 18 heavy (non-hydrogen) atoms. The average Bonchev–Trinajstić information content (AvgIpc) is 2.31. The van der Waals surface area contributed by atoms with Gasteiger partial charge in [0.05, 0.1) is 0 Å². The van der Waals surface area contributed by atoms with E-state index < -0.39 is 11.4 Å². The van der Waals surface area contributed by atoms with Crippen molar-refractivity contribution < 1.29 is 14.7 Å². The van der Waals surface area contributed by atoms with Gasteiger partial charge in [0.2, 0.25) is 5.91 Å². The highest BCUT2D eigenvalue weighted by molar-refractivity contribution is 6.01. The summed E-state index contributed by atoms with van der Waals surface area (Å²) < 4.78 is 0. The molecule has 0 aliphatic heterocycles. The Hall–Kier alpha value is -1.06. The summed E-state index contributed by atoms with van der Waals surface area (Å²) in [6.45, 7) is 5.10. The minimum atomic E-state index is -1.33. The zero-order valence-electron chi connectivity index (χ0n) is 11.7. The van der Waals surface area contributed by atoms with Gasteiger partial charge < -0.3 is 10.4 Å². The van der Waals surface area contributed by atoms with Crippen molar-refractivity contribution in [2.24, 2.45) is 11.3 Å².